The van der Waals surface area contributed by atoms with Crippen molar-refractivity contribution in [3.05, 3.63) is 83.9 Å². The third-order valence-corrected chi connectivity index (χ3v) is 7.57. The van der Waals surface area contributed by atoms with Gasteiger partial charge in [0, 0.05) is 6.20 Å². The van der Waals surface area contributed by atoms with Crippen LogP contribution < -0.4 is 4.90 Å². The molecule has 0 atom stereocenters. The summed E-state index contributed by atoms with van der Waals surface area (Å²) in [5.74, 6) is -1.94. The first kappa shape index (κ1) is 22.0. The summed E-state index contributed by atoms with van der Waals surface area (Å²) in [5, 5.41) is 0.401. The number of nitrogens with zero attached hydrogens (tertiary/aromatic N) is 3. The molecule has 0 bridgehead atoms. The van der Waals surface area contributed by atoms with Gasteiger partial charge in [0.15, 0.2) is 15.0 Å². The summed E-state index contributed by atoms with van der Waals surface area (Å²) in [7, 11) is -3.96. The zero-order valence-corrected chi connectivity index (χ0v) is 18.9. The Morgan fingerprint density at radius 2 is 1.88 bits per heavy atom. The van der Waals surface area contributed by atoms with Crippen LogP contribution in [0.25, 0.3) is 10.2 Å². The van der Waals surface area contributed by atoms with Crippen LogP contribution in [0.5, 0.6) is 0 Å². The number of rotatable bonds is 7. The number of anilines is 1. The fourth-order valence-corrected chi connectivity index (χ4v) is 5.42. The van der Waals surface area contributed by atoms with Crippen LogP contribution in [0, 0.1) is 5.82 Å². The van der Waals surface area contributed by atoms with Crippen molar-refractivity contribution < 1.29 is 17.6 Å². The van der Waals surface area contributed by atoms with E-state index in [1.807, 2.05) is 18.2 Å². The molecule has 0 N–H and O–H groups in total. The van der Waals surface area contributed by atoms with Gasteiger partial charge >= 0.3 is 0 Å². The lowest BCUT2D eigenvalue weighted by atomic mass is 10.2. The summed E-state index contributed by atoms with van der Waals surface area (Å²) in [6.45, 7) is 2.14. The molecule has 0 radical (unpaired) electrons. The first-order chi connectivity index (χ1) is 15.4. The molecule has 1 amide bonds. The lowest BCUT2D eigenvalue weighted by molar-refractivity contribution is -0.116. The number of thiazole rings is 1. The third kappa shape index (κ3) is 4.84. The Balaban J connectivity index is 1.69. The van der Waals surface area contributed by atoms with E-state index in [-0.39, 0.29) is 11.4 Å². The zero-order valence-electron chi connectivity index (χ0n) is 17.2. The number of fused-ring (bicyclic) bond motifs is 1. The molecule has 2 aromatic heterocycles. The Morgan fingerprint density at radius 3 is 2.56 bits per heavy atom. The van der Waals surface area contributed by atoms with Crippen molar-refractivity contribution in [3.8, 4) is 0 Å². The number of carbonyl (C=O) groups is 1. The van der Waals surface area contributed by atoms with E-state index >= 15 is 0 Å². The quantitative estimate of drug-likeness (QED) is 0.375. The maximum Gasteiger partial charge on any atom is 0.244 e. The van der Waals surface area contributed by atoms with Crippen molar-refractivity contribution in [2.45, 2.75) is 24.8 Å². The molecule has 164 valence electrons. The van der Waals surface area contributed by atoms with Gasteiger partial charge in [0.25, 0.3) is 0 Å². The topological polar surface area (TPSA) is 80.2 Å². The highest BCUT2D eigenvalue weighted by atomic mass is 32.2. The second kappa shape index (κ2) is 9.13. The molecule has 0 unspecified atom stereocenters. The molecule has 0 aliphatic carbocycles. The summed E-state index contributed by atoms with van der Waals surface area (Å²) >= 11 is 1.33. The van der Waals surface area contributed by atoms with Gasteiger partial charge in [-0.25, -0.2) is 17.8 Å². The van der Waals surface area contributed by atoms with E-state index in [1.165, 1.54) is 16.2 Å². The molecule has 0 spiro atoms. The highest BCUT2D eigenvalue weighted by molar-refractivity contribution is 7.92. The first-order valence-corrected chi connectivity index (χ1v) is 12.4. The Morgan fingerprint density at radius 1 is 1.09 bits per heavy atom. The lowest BCUT2D eigenvalue weighted by Gasteiger charge is -2.19. The SMILES string of the molecule is CCc1ccc2nc(N(Cc3ccccn3)C(=O)CS(=O)(=O)c3ccc(F)cc3)sc2c1. The summed E-state index contributed by atoms with van der Waals surface area (Å²) in [5.41, 5.74) is 2.49. The number of pyridine rings is 1. The van der Waals surface area contributed by atoms with Crippen LogP contribution in [-0.2, 0) is 27.6 Å². The Bertz CT molecular complexity index is 1350. The van der Waals surface area contributed by atoms with Gasteiger partial charge < -0.3 is 0 Å². The third-order valence-electron chi connectivity index (χ3n) is 4.91. The van der Waals surface area contributed by atoms with Crippen LogP contribution in [-0.4, -0.2) is 30.0 Å². The van der Waals surface area contributed by atoms with Crippen molar-refractivity contribution in [3.63, 3.8) is 0 Å². The van der Waals surface area contributed by atoms with Crippen LogP contribution in [0.1, 0.15) is 18.2 Å². The van der Waals surface area contributed by atoms with Gasteiger partial charge in [-0.3, -0.25) is 14.7 Å². The van der Waals surface area contributed by atoms with Crippen LogP contribution >= 0.6 is 11.3 Å². The Labute approximate surface area is 189 Å². The summed E-state index contributed by atoms with van der Waals surface area (Å²) in [4.78, 5) is 23.3. The highest BCUT2D eigenvalue weighted by Crippen LogP contribution is 2.31. The van der Waals surface area contributed by atoms with E-state index in [2.05, 4.69) is 16.9 Å². The van der Waals surface area contributed by atoms with E-state index in [0.29, 0.717) is 10.8 Å². The Kier molecular flexibility index (Phi) is 6.29. The predicted molar refractivity (Wildman–Crippen MR) is 123 cm³/mol. The Hall–Kier alpha value is -3.17. The summed E-state index contributed by atoms with van der Waals surface area (Å²) in [6.07, 6.45) is 2.48. The van der Waals surface area contributed by atoms with E-state index in [9.17, 15) is 17.6 Å². The van der Waals surface area contributed by atoms with Gasteiger partial charge in [0.05, 0.1) is 27.4 Å². The van der Waals surface area contributed by atoms with Gasteiger partial charge in [-0.05, 0) is 60.5 Å². The molecule has 0 fully saturated rings. The number of sulfone groups is 1. The number of halogens is 1. The van der Waals surface area contributed by atoms with Crippen LogP contribution in [0.4, 0.5) is 9.52 Å². The lowest BCUT2D eigenvalue weighted by Crippen LogP contribution is -2.35. The molecule has 6 nitrogen and oxygen atoms in total. The van der Waals surface area contributed by atoms with Crippen LogP contribution in [0.2, 0.25) is 0 Å². The number of aryl methyl sites for hydroxylation is 1. The van der Waals surface area contributed by atoms with Gasteiger partial charge in [-0.2, -0.15) is 0 Å². The normalized spacial score (nSPS) is 11.6. The smallest absolute Gasteiger partial charge is 0.244 e. The monoisotopic (exact) mass is 469 g/mol. The fourth-order valence-electron chi connectivity index (χ4n) is 3.17. The summed E-state index contributed by atoms with van der Waals surface area (Å²) < 4.78 is 39.7. The number of hydrogen-bond donors (Lipinski definition) is 0. The van der Waals surface area contributed by atoms with Crippen LogP contribution in [0.15, 0.2) is 71.8 Å². The molecule has 4 rings (SSSR count). The molecule has 0 aliphatic heterocycles. The maximum atomic E-state index is 13.2. The molecule has 0 saturated carbocycles. The van der Waals surface area contributed by atoms with Crippen molar-refractivity contribution in [2.75, 3.05) is 10.7 Å². The van der Waals surface area contributed by atoms with Crippen molar-refractivity contribution in [1.82, 2.24) is 9.97 Å². The molecule has 0 saturated heterocycles. The molecular formula is C23H20FN3O3S2. The van der Waals surface area contributed by atoms with Gasteiger partial charge in [0.2, 0.25) is 5.91 Å². The molecule has 0 aliphatic rings. The number of amides is 1. The van der Waals surface area contributed by atoms with E-state index in [4.69, 9.17) is 0 Å². The van der Waals surface area contributed by atoms with Gasteiger partial charge in [-0.15, -0.1) is 0 Å². The molecule has 9 heteroatoms. The number of hydrogen-bond acceptors (Lipinski definition) is 6. The molecule has 2 aromatic carbocycles. The first-order valence-electron chi connectivity index (χ1n) is 9.94. The second-order valence-corrected chi connectivity index (χ2v) is 10.2. The van der Waals surface area contributed by atoms with Crippen molar-refractivity contribution in [1.29, 1.82) is 0 Å². The zero-order chi connectivity index (χ0) is 22.7. The molecule has 2 heterocycles. The highest BCUT2D eigenvalue weighted by Gasteiger charge is 2.27. The average molecular weight is 470 g/mol. The van der Waals surface area contributed by atoms with Crippen LogP contribution in [0.3, 0.4) is 0 Å². The van der Waals surface area contributed by atoms with Crippen molar-refractivity contribution in [2.24, 2.45) is 0 Å². The summed E-state index contributed by atoms with van der Waals surface area (Å²) in [6, 6.07) is 15.7. The number of benzene rings is 2. The van der Waals surface area contributed by atoms with Gasteiger partial charge in [-0.1, -0.05) is 30.4 Å². The minimum Gasteiger partial charge on any atom is -0.281 e. The van der Waals surface area contributed by atoms with E-state index in [0.717, 1.165) is 46.5 Å². The number of aromatic nitrogens is 2. The molecule has 4 aromatic rings. The largest absolute Gasteiger partial charge is 0.281 e. The number of carbonyl (C=O) groups excluding carboxylic acids is 1. The van der Waals surface area contributed by atoms with Crippen molar-refractivity contribution >= 4 is 42.4 Å². The minimum atomic E-state index is -3.96. The van der Waals surface area contributed by atoms with E-state index < -0.39 is 27.3 Å². The minimum absolute atomic E-state index is 0.0824. The predicted octanol–water partition coefficient (Wildman–Crippen LogP) is 4.40. The van der Waals surface area contributed by atoms with Gasteiger partial charge in [0.1, 0.15) is 11.6 Å². The fraction of sp³-hybridized carbons (Fsp3) is 0.174. The second-order valence-electron chi connectivity index (χ2n) is 7.17. The average Bonchev–Trinajstić information content (AvgIpc) is 3.21. The standard InChI is InChI=1S/C23H20FN3O3S2/c1-2-16-6-11-20-21(13-16)31-23(26-20)27(14-18-5-3-4-12-25-18)22(28)15-32(29,30)19-9-7-17(24)8-10-19/h3-13H,2,14-15H2,1H3. The molecular weight excluding hydrogens is 449 g/mol. The molecule has 32 heavy (non-hydrogen) atoms. The van der Waals surface area contributed by atoms with E-state index in [1.54, 1.807) is 24.4 Å². The maximum absolute atomic E-state index is 13.2.